The fourth-order valence-corrected chi connectivity index (χ4v) is 1.26. The molecular weight excluding hydrogens is 242 g/mol. The molecule has 7 heteroatoms. The van der Waals surface area contributed by atoms with Crippen LogP contribution >= 0.6 is 11.6 Å². The van der Waals surface area contributed by atoms with Crippen molar-refractivity contribution in [3.8, 4) is 5.82 Å². The minimum atomic E-state index is -0.510. The van der Waals surface area contributed by atoms with E-state index in [2.05, 4.69) is 15.3 Å². The summed E-state index contributed by atoms with van der Waals surface area (Å²) in [5, 5.41) is 11.9. The smallest absolute Gasteiger partial charge is 0.241 e. The van der Waals surface area contributed by atoms with Crippen LogP contribution in [0.4, 0.5) is 0 Å². The van der Waals surface area contributed by atoms with Gasteiger partial charge in [-0.2, -0.15) is 5.10 Å². The van der Waals surface area contributed by atoms with Crippen LogP contribution in [0.1, 0.15) is 5.56 Å². The molecule has 2 N–H and O–H groups in total. The summed E-state index contributed by atoms with van der Waals surface area (Å²) in [5.74, 6) is 0.0251. The van der Waals surface area contributed by atoms with Crippen molar-refractivity contribution in [2.45, 2.75) is 0 Å². The van der Waals surface area contributed by atoms with E-state index in [1.165, 1.54) is 10.8 Å². The second-order valence-corrected chi connectivity index (χ2v) is 3.56. The van der Waals surface area contributed by atoms with Gasteiger partial charge in [-0.3, -0.25) is 4.79 Å². The number of nitrogens with two attached hydrogens (primary N) is 1. The van der Waals surface area contributed by atoms with Crippen molar-refractivity contribution in [1.82, 2.24) is 20.0 Å². The van der Waals surface area contributed by atoms with Gasteiger partial charge in [-0.25, -0.2) is 4.68 Å². The van der Waals surface area contributed by atoms with Crippen molar-refractivity contribution in [2.75, 3.05) is 0 Å². The number of nitrogens with zero attached hydrogens (tertiary/aromatic N) is 4. The van der Waals surface area contributed by atoms with Gasteiger partial charge in [-0.05, 0) is 18.2 Å². The molecule has 86 valence electrons. The maximum Gasteiger partial charge on any atom is 0.241 e. The van der Waals surface area contributed by atoms with E-state index in [1.54, 1.807) is 30.6 Å². The number of carbonyl (C=O) groups is 1. The molecule has 0 atom stereocenters. The third kappa shape index (κ3) is 2.88. The number of aromatic nitrogens is 4. The number of amides is 1. The molecule has 0 saturated carbocycles. The summed E-state index contributed by atoms with van der Waals surface area (Å²) in [4.78, 5) is 10.6. The van der Waals surface area contributed by atoms with Gasteiger partial charge < -0.3 is 5.73 Å². The third-order valence-corrected chi connectivity index (χ3v) is 2.10. The zero-order chi connectivity index (χ0) is 12.3. The topological polar surface area (TPSA) is 86.7 Å². The van der Waals surface area contributed by atoms with Crippen LogP contribution in [-0.2, 0) is 4.79 Å². The van der Waals surface area contributed by atoms with E-state index in [1.807, 2.05) is 0 Å². The van der Waals surface area contributed by atoms with E-state index in [4.69, 9.17) is 17.3 Å². The van der Waals surface area contributed by atoms with Crippen LogP contribution < -0.4 is 5.73 Å². The molecule has 0 fully saturated rings. The Morgan fingerprint density at radius 3 is 2.88 bits per heavy atom. The van der Waals surface area contributed by atoms with E-state index in [0.29, 0.717) is 11.0 Å². The lowest BCUT2D eigenvalue weighted by Gasteiger charge is -1.97. The quantitative estimate of drug-likeness (QED) is 0.816. The van der Waals surface area contributed by atoms with E-state index in [9.17, 15) is 4.79 Å². The molecule has 0 radical (unpaired) electrons. The third-order valence-electron chi connectivity index (χ3n) is 1.90. The van der Waals surface area contributed by atoms with Crippen molar-refractivity contribution in [3.05, 3.63) is 41.3 Å². The Morgan fingerprint density at radius 1 is 1.41 bits per heavy atom. The Labute approximate surface area is 102 Å². The monoisotopic (exact) mass is 249 g/mol. The number of halogens is 1. The second-order valence-electron chi connectivity index (χ2n) is 3.17. The maximum absolute atomic E-state index is 10.6. The minimum Gasteiger partial charge on any atom is -0.366 e. The van der Waals surface area contributed by atoms with Crippen molar-refractivity contribution >= 4 is 23.6 Å². The molecule has 6 nitrogen and oxygen atoms in total. The molecule has 2 heterocycles. The van der Waals surface area contributed by atoms with Gasteiger partial charge in [0.1, 0.15) is 0 Å². The van der Waals surface area contributed by atoms with Crippen LogP contribution in [-0.4, -0.2) is 25.9 Å². The fraction of sp³-hybridized carbons (Fsp3) is 0. The van der Waals surface area contributed by atoms with Gasteiger partial charge in [-0.1, -0.05) is 11.6 Å². The first-order valence-corrected chi connectivity index (χ1v) is 5.05. The predicted molar refractivity (Wildman–Crippen MR) is 62.4 cm³/mol. The Hall–Kier alpha value is -2.21. The summed E-state index contributed by atoms with van der Waals surface area (Å²) in [6, 6.07) is 3.30. The Balaban J connectivity index is 2.23. The van der Waals surface area contributed by atoms with Gasteiger partial charge in [0.2, 0.25) is 5.91 Å². The summed E-state index contributed by atoms with van der Waals surface area (Å²) in [7, 11) is 0. The second kappa shape index (κ2) is 4.75. The molecule has 0 aliphatic rings. The lowest BCUT2D eigenvalue weighted by Crippen LogP contribution is -2.04. The summed E-state index contributed by atoms with van der Waals surface area (Å²) in [5.41, 5.74) is 5.72. The lowest BCUT2D eigenvalue weighted by atomic mass is 10.3. The molecule has 2 aromatic heterocycles. The molecule has 0 aliphatic heterocycles. The van der Waals surface area contributed by atoms with E-state index in [0.717, 1.165) is 5.56 Å². The molecule has 0 unspecified atom stereocenters. The zero-order valence-corrected chi connectivity index (χ0v) is 9.37. The normalized spacial score (nSPS) is 10.9. The SMILES string of the molecule is NC(=O)C=Cc1cnn(-c2ccc(Cl)nn2)c1. The van der Waals surface area contributed by atoms with Crippen LogP contribution in [0.3, 0.4) is 0 Å². The highest BCUT2D eigenvalue weighted by atomic mass is 35.5. The molecule has 1 amide bonds. The Morgan fingerprint density at radius 2 is 2.24 bits per heavy atom. The zero-order valence-electron chi connectivity index (χ0n) is 8.62. The number of hydrogen-bond donors (Lipinski definition) is 1. The van der Waals surface area contributed by atoms with E-state index >= 15 is 0 Å². The van der Waals surface area contributed by atoms with Gasteiger partial charge in [-0.15, -0.1) is 10.2 Å². The van der Waals surface area contributed by atoms with Crippen LogP contribution in [0.5, 0.6) is 0 Å². The molecule has 2 aromatic rings. The van der Waals surface area contributed by atoms with Gasteiger partial charge in [0, 0.05) is 17.8 Å². The largest absolute Gasteiger partial charge is 0.366 e. The summed E-state index contributed by atoms with van der Waals surface area (Å²) >= 11 is 5.62. The molecule has 17 heavy (non-hydrogen) atoms. The average molecular weight is 250 g/mol. The number of rotatable bonds is 3. The lowest BCUT2D eigenvalue weighted by molar-refractivity contribution is -0.113. The van der Waals surface area contributed by atoms with Crippen molar-refractivity contribution in [1.29, 1.82) is 0 Å². The van der Waals surface area contributed by atoms with Gasteiger partial charge in [0.05, 0.1) is 6.20 Å². The number of carbonyl (C=O) groups excluding carboxylic acids is 1. The van der Waals surface area contributed by atoms with Crippen molar-refractivity contribution in [2.24, 2.45) is 5.73 Å². The highest BCUT2D eigenvalue weighted by molar-refractivity contribution is 6.29. The van der Waals surface area contributed by atoms with Crippen molar-refractivity contribution < 1.29 is 4.79 Å². The molecule has 0 saturated heterocycles. The standard InChI is InChI=1S/C10H8ClN5O/c11-8-2-4-10(15-14-8)16-6-7(5-13-16)1-3-9(12)17/h1-6H,(H2,12,17). The van der Waals surface area contributed by atoms with Gasteiger partial charge in [0.15, 0.2) is 11.0 Å². The first kappa shape index (κ1) is 11.3. The Kier molecular flexibility index (Phi) is 3.15. The summed E-state index contributed by atoms with van der Waals surface area (Å²) in [6.45, 7) is 0. The minimum absolute atomic E-state index is 0.315. The highest BCUT2D eigenvalue weighted by Gasteiger charge is 2.01. The highest BCUT2D eigenvalue weighted by Crippen LogP contribution is 2.08. The summed E-state index contributed by atoms with van der Waals surface area (Å²) in [6.07, 6.45) is 6.09. The molecule has 2 rings (SSSR count). The van der Waals surface area contributed by atoms with Crippen LogP contribution in [0.25, 0.3) is 11.9 Å². The fourth-order valence-electron chi connectivity index (χ4n) is 1.16. The maximum atomic E-state index is 10.6. The Bertz CT molecular complexity index is 560. The molecule has 0 bridgehead atoms. The average Bonchev–Trinajstić information content (AvgIpc) is 2.76. The molecule has 0 spiro atoms. The van der Waals surface area contributed by atoms with Crippen molar-refractivity contribution in [3.63, 3.8) is 0 Å². The van der Waals surface area contributed by atoms with Crippen LogP contribution in [0.2, 0.25) is 5.15 Å². The molecule has 0 aliphatic carbocycles. The van der Waals surface area contributed by atoms with E-state index < -0.39 is 5.91 Å². The van der Waals surface area contributed by atoms with Gasteiger partial charge >= 0.3 is 0 Å². The van der Waals surface area contributed by atoms with E-state index in [-0.39, 0.29) is 0 Å². The molecule has 0 aromatic carbocycles. The first-order chi connectivity index (χ1) is 8.15. The number of primary amides is 1. The first-order valence-electron chi connectivity index (χ1n) is 4.67. The molecular formula is C10H8ClN5O. The van der Waals surface area contributed by atoms with Gasteiger partial charge in [0.25, 0.3) is 0 Å². The predicted octanol–water partition coefficient (Wildman–Crippen LogP) is 0.814. The summed E-state index contributed by atoms with van der Waals surface area (Å²) < 4.78 is 1.52. The van der Waals surface area contributed by atoms with Crippen LogP contribution in [0, 0.1) is 0 Å². The number of hydrogen-bond acceptors (Lipinski definition) is 4. The van der Waals surface area contributed by atoms with Crippen LogP contribution in [0.15, 0.2) is 30.6 Å².